The van der Waals surface area contributed by atoms with Gasteiger partial charge in [-0.25, -0.2) is 4.79 Å². The number of carboxylic acids is 1. The van der Waals surface area contributed by atoms with E-state index in [1.165, 1.54) is 35.0 Å². The molecule has 10 nitrogen and oxygen atoms in total. The maximum atomic E-state index is 12.7. The molecule has 1 heterocycles. The van der Waals surface area contributed by atoms with Crippen LogP contribution in [0.3, 0.4) is 0 Å². The highest BCUT2D eigenvalue weighted by atomic mass is 35.5. The first-order chi connectivity index (χ1) is 18.9. The van der Waals surface area contributed by atoms with Crippen molar-refractivity contribution in [3.63, 3.8) is 0 Å². The van der Waals surface area contributed by atoms with Gasteiger partial charge >= 0.3 is 5.97 Å². The smallest absolute Gasteiger partial charge is 0.335 e. The molecular weight excluding hydrogens is 575 g/mol. The summed E-state index contributed by atoms with van der Waals surface area (Å²) in [5.41, 5.74) is 2.49. The number of carbonyl (C=O) groups excluding carboxylic acids is 2. The first-order valence-corrected chi connectivity index (χ1v) is 13.6. The number of halogens is 2. The molecule has 4 rings (SSSR count). The topological polar surface area (TPSA) is 139 Å². The molecule has 0 unspecified atom stereocenters. The average Bonchev–Trinajstić information content (AvgIpc) is 3.37. The molecule has 0 radical (unpaired) electrons. The van der Waals surface area contributed by atoms with Gasteiger partial charge < -0.3 is 15.7 Å². The SMILES string of the molecule is CC(C)(C)c1ccc(-n2nnnc2SCC(=O)Nc2ccc(NC(=O)c3cccc(C(=O)O)c3)cc2Cl)c(Cl)c1. The van der Waals surface area contributed by atoms with E-state index in [4.69, 9.17) is 28.3 Å². The van der Waals surface area contributed by atoms with Crippen LogP contribution in [0.15, 0.2) is 65.8 Å². The van der Waals surface area contributed by atoms with Gasteiger partial charge in [-0.1, -0.05) is 67.9 Å². The third kappa shape index (κ3) is 6.98. The summed E-state index contributed by atoms with van der Waals surface area (Å²) in [4.78, 5) is 36.3. The van der Waals surface area contributed by atoms with E-state index in [0.717, 1.165) is 17.3 Å². The van der Waals surface area contributed by atoms with Crippen molar-refractivity contribution in [2.75, 3.05) is 16.4 Å². The number of hydrogen-bond acceptors (Lipinski definition) is 7. The van der Waals surface area contributed by atoms with Gasteiger partial charge in [0.25, 0.3) is 5.91 Å². The first-order valence-electron chi connectivity index (χ1n) is 11.9. The monoisotopic (exact) mass is 598 g/mol. The number of amides is 2. The minimum atomic E-state index is -1.13. The van der Waals surface area contributed by atoms with Gasteiger partial charge in [0.2, 0.25) is 11.1 Å². The Morgan fingerprint density at radius 3 is 2.38 bits per heavy atom. The minimum Gasteiger partial charge on any atom is -0.478 e. The Morgan fingerprint density at radius 2 is 1.70 bits per heavy atom. The summed E-state index contributed by atoms with van der Waals surface area (Å²) in [6.07, 6.45) is 0. The number of rotatable bonds is 8. The molecule has 4 aromatic rings. The van der Waals surface area contributed by atoms with Crippen molar-refractivity contribution >= 4 is 64.1 Å². The largest absolute Gasteiger partial charge is 0.478 e. The molecule has 0 saturated carbocycles. The molecule has 0 fully saturated rings. The molecule has 3 aromatic carbocycles. The Labute approximate surface area is 244 Å². The summed E-state index contributed by atoms with van der Waals surface area (Å²) < 4.78 is 1.48. The van der Waals surface area contributed by atoms with Crippen LogP contribution in [0.25, 0.3) is 5.69 Å². The number of nitrogens with one attached hydrogen (secondary N) is 2. The zero-order chi connectivity index (χ0) is 29.0. The molecule has 0 bridgehead atoms. The van der Waals surface area contributed by atoms with Gasteiger partial charge in [-0.2, -0.15) is 4.68 Å². The van der Waals surface area contributed by atoms with E-state index in [2.05, 4.69) is 46.9 Å². The van der Waals surface area contributed by atoms with Crippen LogP contribution in [0.2, 0.25) is 10.0 Å². The lowest BCUT2D eigenvalue weighted by atomic mass is 9.87. The van der Waals surface area contributed by atoms with E-state index in [1.807, 2.05) is 18.2 Å². The van der Waals surface area contributed by atoms with Crippen molar-refractivity contribution in [2.45, 2.75) is 31.3 Å². The van der Waals surface area contributed by atoms with Crippen LogP contribution in [0.5, 0.6) is 0 Å². The van der Waals surface area contributed by atoms with Gasteiger partial charge in [0.05, 0.1) is 32.7 Å². The maximum absolute atomic E-state index is 12.7. The van der Waals surface area contributed by atoms with Crippen molar-refractivity contribution in [2.24, 2.45) is 0 Å². The summed E-state index contributed by atoms with van der Waals surface area (Å²) in [5.74, 6) is -1.99. The van der Waals surface area contributed by atoms with Crippen molar-refractivity contribution in [3.05, 3.63) is 87.4 Å². The highest BCUT2D eigenvalue weighted by Gasteiger charge is 2.19. The Balaban J connectivity index is 1.38. The molecule has 13 heteroatoms. The lowest BCUT2D eigenvalue weighted by Gasteiger charge is -2.20. The van der Waals surface area contributed by atoms with E-state index in [-0.39, 0.29) is 33.2 Å². The van der Waals surface area contributed by atoms with Crippen molar-refractivity contribution in [1.82, 2.24) is 20.2 Å². The molecule has 0 atom stereocenters. The number of aromatic nitrogens is 4. The molecule has 0 saturated heterocycles. The number of thioether (sulfide) groups is 1. The number of benzene rings is 3. The van der Waals surface area contributed by atoms with Crippen molar-refractivity contribution in [3.8, 4) is 5.69 Å². The highest BCUT2D eigenvalue weighted by Crippen LogP contribution is 2.31. The summed E-state index contributed by atoms with van der Waals surface area (Å²) in [7, 11) is 0. The van der Waals surface area contributed by atoms with E-state index < -0.39 is 11.9 Å². The van der Waals surface area contributed by atoms with Gasteiger partial charge in [-0.3, -0.25) is 9.59 Å². The van der Waals surface area contributed by atoms with E-state index in [9.17, 15) is 14.4 Å². The van der Waals surface area contributed by atoms with Gasteiger partial charge in [-0.05, 0) is 69.9 Å². The first kappa shape index (κ1) is 29.1. The third-order valence-electron chi connectivity index (χ3n) is 5.69. The molecule has 1 aromatic heterocycles. The molecule has 2 amide bonds. The van der Waals surface area contributed by atoms with Crippen LogP contribution in [0.1, 0.15) is 47.1 Å². The molecule has 0 aliphatic heterocycles. The number of tetrazole rings is 1. The van der Waals surface area contributed by atoms with Crippen LogP contribution in [-0.2, 0) is 10.2 Å². The average molecular weight is 600 g/mol. The van der Waals surface area contributed by atoms with Crippen LogP contribution >= 0.6 is 35.0 Å². The molecule has 40 heavy (non-hydrogen) atoms. The molecule has 0 aliphatic carbocycles. The molecule has 3 N–H and O–H groups in total. The second-order valence-corrected chi connectivity index (χ2v) is 11.4. The molecule has 206 valence electrons. The summed E-state index contributed by atoms with van der Waals surface area (Å²) in [5, 5.41) is 27.3. The Morgan fingerprint density at radius 1 is 0.950 bits per heavy atom. The summed E-state index contributed by atoms with van der Waals surface area (Å²) >= 11 is 14.0. The fraction of sp³-hybridized carbons (Fsp3) is 0.185. The number of hydrogen-bond donors (Lipinski definition) is 3. The highest BCUT2D eigenvalue weighted by molar-refractivity contribution is 7.99. The Kier molecular flexibility index (Phi) is 8.77. The second-order valence-electron chi connectivity index (χ2n) is 9.66. The zero-order valence-electron chi connectivity index (χ0n) is 21.6. The zero-order valence-corrected chi connectivity index (χ0v) is 23.9. The number of anilines is 2. The van der Waals surface area contributed by atoms with E-state index in [1.54, 1.807) is 12.1 Å². The Bertz CT molecular complexity index is 1600. The fourth-order valence-electron chi connectivity index (χ4n) is 3.57. The maximum Gasteiger partial charge on any atom is 0.335 e. The van der Waals surface area contributed by atoms with Crippen molar-refractivity contribution < 1.29 is 19.5 Å². The van der Waals surface area contributed by atoms with Crippen LogP contribution in [0.4, 0.5) is 11.4 Å². The predicted octanol–water partition coefficient (Wildman–Crippen LogP) is 5.95. The predicted molar refractivity (Wildman–Crippen MR) is 155 cm³/mol. The van der Waals surface area contributed by atoms with Gasteiger partial charge in [0.1, 0.15) is 0 Å². The van der Waals surface area contributed by atoms with Gasteiger partial charge in [0.15, 0.2) is 0 Å². The lowest BCUT2D eigenvalue weighted by Crippen LogP contribution is -2.16. The molecular formula is C27H24Cl2N6O4S. The van der Waals surface area contributed by atoms with Crippen LogP contribution in [0, 0.1) is 0 Å². The minimum absolute atomic E-state index is 0.00261. The standard InChI is InChI=1S/C27H24Cl2N6O4S/c1-27(2,3)17-7-10-22(20(29)12-17)35-26(32-33-34-35)40-14-23(36)31-21-9-8-18(13-19(21)28)30-24(37)15-5-4-6-16(11-15)25(38)39/h4-13H,14H2,1-3H3,(H,30,37)(H,31,36)(H,38,39). The number of carbonyl (C=O) groups is 3. The quantitative estimate of drug-likeness (QED) is 0.211. The number of nitrogens with zero attached hydrogens (tertiary/aromatic N) is 4. The van der Waals surface area contributed by atoms with Crippen LogP contribution in [-0.4, -0.2) is 48.9 Å². The lowest BCUT2D eigenvalue weighted by molar-refractivity contribution is -0.113. The van der Waals surface area contributed by atoms with E-state index in [0.29, 0.717) is 27.2 Å². The van der Waals surface area contributed by atoms with Gasteiger partial charge in [-0.15, -0.1) is 5.10 Å². The Hall–Kier alpha value is -3.93. The number of carboxylic acid groups (broad SMARTS) is 1. The molecule has 0 aliphatic rings. The van der Waals surface area contributed by atoms with Crippen molar-refractivity contribution in [1.29, 1.82) is 0 Å². The van der Waals surface area contributed by atoms with E-state index >= 15 is 0 Å². The number of aromatic carboxylic acids is 1. The fourth-order valence-corrected chi connectivity index (χ4v) is 4.74. The second kappa shape index (κ2) is 12.1. The third-order valence-corrected chi connectivity index (χ3v) is 7.22. The van der Waals surface area contributed by atoms with Crippen LogP contribution < -0.4 is 10.6 Å². The summed E-state index contributed by atoms with van der Waals surface area (Å²) in [6, 6.07) is 15.9. The molecule has 0 spiro atoms. The van der Waals surface area contributed by atoms with Gasteiger partial charge in [0, 0.05) is 11.3 Å². The normalized spacial score (nSPS) is 11.2. The summed E-state index contributed by atoms with van der Waals surface area (Å²) in [6.45, 7) is 6.27.